The van der Waals surface area contributed by atoms with Crippen LogP contribution < -0.4 is 10.5 Å². The Morgan fingerprint density at radius 1 is 1.39 bits per heavy atom. The Labute approximate surface area is 107 Å². The summed E-state index contributed by atoms with van der Waals surface area (Å²) in [4.78, 5) is -0.0752. The Bertz CT molecular complexity index is 501. The zero-order valence-corrected chi connectivity index (χ0v) is 11.4. The molecule has 0 radical (unpaired) electrons. The topological polar surface area (TPSA) is 72.2 Å². The molecule has 0 atom stereocenters. The summed E-state index contributed by atoms with van der Waals surface area (Å²) < 4.78 is 39.6. The molecule has 102 valence electrons. The lowest BCUT2D eigenvalue weighted by atomic mass is 10.1. The second-order valence-electron chi connectivity index (χ2n) is 4.54. The Morgan fingerprint density at radius 3 is 2.61 bits per heavy atom. The molecule has 0 unspecified atom stereocenters. The van der Waals surface area contributed by atoms with Gasteiger partial charge in [-0.1, -0.05) is 19.9 Å². The fourth-order valence-corrected chi connectivity index (χ4v) is 2.81. The van der Waals surface area contributed by atoms with Crippen LogP contribution in [0.5, 0.6) is 0 Å². The number of halogens is 1. The maximum Gasteiger partial charge on any atom is 0.240 e. The van der Waals surface area contributed by atoms with Gasteiger partial charge in [-0.3, -0.25) is 0 Å². The van der Waals surface area contributed by atoms with Gasteiger partial charge in [0.25, 0.3) is 0 Å². The highest BCUT2D eigenvalue weighted by molar-refractivity contribution is 7.89. The fraction of sp³-hybridized carbons (Fsp3) is 0.500. The van der Waals surface area contributed by atoms with Gasteiger partial charge < -0.3 is 5.73 Å². The molecule has 0 saturated heterocycles. The van der Waals surface area contributed by atoms with E-state index in [1.54, 1.807) is 0 Å². The van der Waals surface area contributed by atoms with E-state index in [1.807, 2.05) is 13.8 Å². The predicted octanol–water partition coefficient (Wildman–Crippen LogP) is 1.61. The van der Waals surface area contributed by atoms with Crippen LogP contribution in [-0.2, 0) is 16.6 Å². The summed E-state index contributed by atoms with van der Waals surface area (Å²) in [5.41, 5.74) is 5.87. The van der Waals surface area contributed by atoms with Crippen molar-refractivity contribution in [3.05, 3.63) is 29.6 Å². The molecule has 0 aliphatic heterocycles. The molecule has 0 heterocycles. The summed E-state index contributed by atoms with van der Waals surface area (Å²) in [5.74, 6) is -0.189. The van der Waals surface area contributed by atoms with Crippen molar-refractivity contribution >= 4 is 10.0 Å². The second kappa shape index (κ2) is 6.26. The maximum absolute atomic E-state index is 13.1. The van der Waals surface area contributed by atoms with Crippen LogP contribution in [0, 0.1) is 11.7 Å². The number of nitrogens with two attached hydrogens (primary N) is 1. The molecule has 4 nitrogen and oxygen atoms in total. The first-order valence-corrected chi connectivity index (χ1v) is 7.33. The minimum Gasteiger partial charge on any atom is -0.326 e. The second-order valence-corrected chi connectivity index (χ2v) is 6.27. The average molecular weight is 274 g/mol. The quantitative estimate of drug-likeness (QED) is 0.827. The number of sulfonamides is 1. The van der Waals surface area contributed by atoms with Crippen molar-refractivity contribution in [1.29, 1.82) is 0 Å². The molecule has 0 bridgehead atoms. The summed E-state index contributed by atoms with van der Waals surface area (Å²) in [6, 6.07) is 3.60. The highest BCUT2D eigenvalue weighted by Gasteiger charge is 2.18. The van der Waals surface area contributed by atoms with Gasteiger partial charge in [-0.2, -0.15) is 0 Å². The van der Waals surface area contributed by atoms with Gasteiger partial charge in [0.15, 0.2) is 0 Å². The Balaban J connectivity index is 2.93. The van der Waals surface area contributed by atoms with Crippen molar-refractivity contribution in [2.24, 2.45) is 11.7 Å². The minimum atomic E-state index is -3.69. The number of hydrogen-bond donors (Lipinski definition) is 2. The van der Waals surface area contributed by atoms with E-state index in [2.05, 4.69) is 4.72 Å². The smallest absolute Gasteiger partial charge is 0.240 e. The van der Waals surface area contributed by atoms with E-state index < -0.39 is 15.8 Å². The van der Waals surface area contributed by atoms with E-state index in [0.717, 1.165) is 12.5 Å². The zero-order chi connectivity index (χ0) is 13.8. The summed E-state index contributed by atoms with van der Waals surface area (Å²) in [6.45, 7) is 4.39. The number of nitrogens with one attached hydrogen (secondary N) is 1. The first-order chi connectivity index (χ1) is 8.36. The molecule has 0 amide bonds. The lowest BCUT2D eigenvalue weighted by Crippen LogP contribution is -2.27. The molecular weight excluding hydrogens is 255 g/mol. The monoisotopic (exact) mass is 274 g/mol. The Morgan fingerprint density at radius 2 is 2.06 bits per heavy atom. The first-order valence-electron chi connectivity index (χ1n) is 5.85. The lowest BCUT2D eigenvalue weighted by molar-refractivity contribution is 0.549. The van der Waals surface area contributed by atoms with Gasteiger partial charge in [0.05, 0.1) is 4.90 Å². The van der Waals surface area contributed by atoms with E-state index in [0.29, 0.717) is 18.0 Å². The van der Waals surface area contributed by atoms with Gasteiger partial charge >= 0.3 is 0 Å². The van der Waals surface area contributed by atoms with Crippen LogP contribution in [0.15, 0.2) is 23.1 Å². The largest absolute Gasteiger partial charge is 0.326 e. The molecule has 0 saturated carbocycles. The summed E-state index contributed by atoms with van der Waals surface area (Å²) >= 11 is 0. The molecule has 0 aliphatic rings. The molecule has 0 spiro atoms. The van der Waals surface area contributed by atoms with Crippen LogP contribution in [-0.4, -0.2) is 15.0 Å². The SMILES string of the molecule is CC(C)CCNS(=O)(=O)c1cc(F)ccc1CN. The Kier molecular flexibility index (Phi) is 5.25. The molecule has 6 heteroatoms. The zero-order valence-electron chi connectivity index (χ0n) is 10.6. The number of rotatable bonds is 6. The predicted molar refractivity (Wildman–Crippen MR) is 68.9 cm³/mol. The van der Waals surface area contributed by atoms with Gasteiger partial charge in [-0.15, -0.1) is 0 Å². The van der Waals surface area contributed by atoms with Gasteiger partial charge in [-0.25, -0.2) is 17.5 Å². The molecule has 18 heavy (non-hydrogen) atoms. The van der Waals surface area contributed by atoms with E-state index in [4.69, 9.17) is 5.73 Å². The van der Waals surface area contributed by atoms with Crippen LogP contribution in [0.25, 0.3) is 0 Å². The third-order valence-electron chi connectivity index (χ3n) is 2.55. The number of hydrogen-bond acceptors (Lipinski definition) is 3. The van der Waals surface area contributed by atoms with E-state index in [9.17, 15) is 12.8 Å². The highest BCUT2D eigenvalue weighted by Crippen LogP contribution is 2.17. The molecule has 0 aromatic heterocycles. The van der Waals surface area contributed by atoms with Crippen molar-refractivity contribution in [2.45, 2.75) is 31.7 Å². The molecule has 3 N–H and O–H groups in total. The van der Waals surface area contributed by atoms with Crippen molar-refractivity contribution in [3.8, 4) is 0 Å². The minimum absolute atomic E-state index is 0.0563. The standard InChI is InChI=1S/C12H19FN2O2S/c1-9(2)5-6-15-18(16,17)12-7-11(13)4-3-10(12)8-14/h3-4,7,9,15H,5-6,8,14H2,1-2H3. The van der Waals surface area contributed by atoms with E-state index >= 15 is 0 Å². The first kappa shape index (κ1) is 15.1. The summed E-state index contributed by atoms with van der Waals surface area (Å²) in [7, 11) is -3.69. The normalized spacial score (nSPS) is 12.1. The van der Waals surface area contributed by atoms with E-state index in [1.165, 1.54) is 12.1 Å². The molecule has 1 aromatic rings. The van der Waals surface area contributed by atoms with Crippen LogP contribution in [0.3, 0.4) is 0 Å². The third kappa shape index (κ3) is 4.04. The van der Waals surface area contributed by atoms with Gasteiger partial charge in [0, 0.05) is 13.1 Å². The highest BCUT2D eigenvalue weighted by atomic mass is 32.2. The van der Waals surface area contributed by atoms with Gasteiger partial charge in [0.2, 0.25) is 10.0 Å². The average Bonchev–Trinajstić information content (AvgIpc) is 2.28. The van der Waals surface area contributed by atoms with Gasteiger partial charge in [0.1, 0.15) is 5.82 Å². The number of benzene rings is 1. The molecule has 0 aliphatic carbocycles. The van der Waals surface area contributed by atoms with Crippen molar-refractivity contribution in [2.75, 3.05) is 6.54 Å². The Hall–Kier alpha value is -0.980. The molecule has 1 aromatic carbocycles. The van der Waals surface area contributed by atoms with Crippen molar-refractivity contribution < 1.29 is 12.8 Å². The lowest BCUT2D eigenvalue weighted by Gasteiger charge is -2.11. The fourth-order valence-electron chi connectivity index (χ4n) is 1.51. The third-order valence-corrected chi connectivity index (χ3v) is 4.10. The summed E-state index contributed by atoms with van der Waals surface area (Å²) in [5, 5.41) is 0. The molecular formula is C12H19FN2O2S. The maximum atomic E-state index is 13.1. The molecule has 1 rings (SSSR count). The van der Waals surface area contributed by atoms with Gasteiger partial charge in [-0.05, 0) is 30.0 Å². The summed E-state index contributed by atoms with van der Waals surface area (Å²) in [6.07, 6.45) is 0.729. The molecule has 0 fully saturated rings. The van der Waals surface area contributed by atoms with Crippen LogP contribution >= 0.6 is 0 Å². The van der Waals surface area contributed by atoms with Crippen molar-refractivity contribution in [3.63, 3.8) is 0 Å². The van der Waals surface area contributed by atoms with Crippen LogP contribution in [0.4, 0.5) is 4.39 Å². The van der Waals surface area contributed by atoms with Crippen LogP contribution in [0.1, 0.15) is 25.8 Å². The van der Waals surface area contributed by atoms with Crippen molar-refractivity contribution in [1.82, 2.24) is 4.72 Å². The van der Waals surface area contributed by atoms with E-state index in [-0.39, 0.29) is 11.4 Å². The van der Waals surface area contributed by atoms with Crippen LogP contribution in [0.2, 0.25) is 0 Å².